The molecule has 2 aliphatic heterocycles. The maximum Gasteiger partial charge on any atom is 0.326 e. The van der Waals surface area contributed by atoms with E-state index in [4.69, 9.17) is 9.47 Å². The molecule has 1 aromatic rings. The van der Waals surface area contributed by atoms with Gasteiger partial charge >= 0.3 is 5.97 Å². The van der Waals surface area contributed by atoms with Crippen LogP contribution < -0.4 is 4.74 Å². The zero-order valence-corrected chi connectivity index (χ0v) is 12.9. The lowest BCUT2D eigenvalue weighted by Gasteiger charge is -2.24. The SMILES string of the molecule is O=C(O)[C@@H]1CCCN1C(=O)c1ccc(OC2CCOCC2)cc1. The maximum atomic E-state index is 12.5. The van der Waals surface area contributed by atoms with E-state index in [-0.39, 0.29) is 12.0 Å². The lowest BCUT2D eigenvalue weighted by molar-refractivity contribution is -0.141. The third kappa shape index (κ3) is 3.64. The number of hydrogen-bond donors (Lipinski definition) is 1. The van der Waals surface area contributed by atoms with E-state index < -0.39 is 12.0 Å². The Morgan fingerprint density at radius 2 is 1.83 bits per heavy atom. The number of ether oxygens (including phenoxy) is 2. The molecule has 124 valence electrons. The van der Waals surface area contributed by atoms with Crippen molar-refractivity contribution in [3.63, 3.8) is 0 Å². The van der Waals surface area contributed by atoms with Gasteiger partial charge in [0, 0.05) is 24.9 Å². The first-order chi connectivity index (χ1) is 11.1. The predicted molar refractivity (Wildman–Crippen MR) is 82.6 cm³/mol. The Hall–Kier alpha value is -2.08. The number of carbonyl (C=O) groups is 2. The smallest absolute Gasteiger partial charge is 0.326 e. The Balaban J connectivity index is 1.64. The minimum atomic E-state index is -0.935. The molecule has 0 radical (unpaired) electrons. The van der Waals surface area contributed by atoms with Crippen LogP contribution in [0.15, 0.2) is 24.3 Å². The Morgan fingerprint density at radius 1 is 1.13 bits per heavy atom. The highest BCUT2D eigenvalue weighted by Crippen LogP contribution is 2.23. The molecule has 0 aromatic heterocycles. The van der Waals surface area contributed by atoms with Crippen LogP contribution in [0.5, 0.6) is 5.75 Å². The fourth-order valence-corrected chi connectivity index (χ4v) is 3.09. The van der Waals surface area contributed by atoms with Crippen LogP contribution in [-0.4, -0.2) is 53.8 Å². The van der Waals surface area contributed by atoms with Crippen LogP contribution in [0.4, 0.5) is 0 Å². The topological polar surface area (TPSA) is 76.1 Å². The van der Waals surface area contributed by atoms with E-state index >= 15 is 0 Å². The van der Waals surface area contributed by atoms with Crippen LogP contribution in [0.2, 0.25) is 0 Å². The molecule has 0 saturated carbocycles. The third-order valence-corrected chi connectivity index (χ3v) is 4.37. The van der Waals surface area contributed by atoms with Crippen LogP contribution in [0.1, 0.15) is 36.0 Å². The molecule has 6 heteroatoms. The van der Waals surface area contributed by atoms with Gasteiger partial charge < -0.3 is 19.5 Å². The van der Waals surface area contributed by atoms with Crippen molar-refractivity contribution >= 4 is 11.9 Å². The number of carboxylic acid groups (broad SMARTS) is 1. The molecule has 1 amide bonds. The molecule has 6 nitrogen and oxygen atoms in total. The van der Waals surface area contributed by atoms with E-state index in [0.29, 0.717) is 31.7 Å². The first-order valence-electron chi connectivity index (χ1n) is 8.03. The first kappa shape index (κ1) is 15.8. The second-order valence-electron chi connectivity index (χ2n) is 5.95. The molecule has 0 unspecified atom stereocenters. The quantitative estimate of drug-likeness (QED) is 0.918. The largest absolute Gasteiger partial charge is 0.490 e. The van der Waals surface area contributed by atoms with E-state index in [0.717, 1.165) is 25.0 Å². The molecule has 1 aromatic carbocycles. The molecule has 0 spiro atoms. The van der Waals surface area contributed by atoms with Gasteiger partial charge in [-0.2, -0.15) is 0 Å². The van der Waals surface area contributed by atoms with Gasteiger partial charge in [-0.1, -0.05) is 0 Å². The molecule has 2 aliphatic rings. The molecule has 2 fully saturated rings. The van der Waals surface area contributed by atoms with Gasteiger partial charge in [0.1, 0.15) is 17.9 Å². The number of benzene rings is 1. The van der Waals surface area contributed by atoms with E-state index in [1.807, 2.05) is 0 Å². The monoisotopic (exact) mass is 319 g/mol. The summed E-state index contributed by atoms with van der Waals surface area (Å²) in [6.07, 6.45) is 3.14. The Morgan fingerprint density at radius 3 is 2.48 bits per heavy atom. The minimum Gasteiger partial charge on any atom is -0.490 e. The predicted octanol–water partition coefficient (Wildman–Crippen LogP) is 1.93. The first-order valence-corrected chi connectivity index (χ1v) is 8.03. The molecular weight excluding hydrogens is 298 g/mol. The number of likely N-dealkylation sites (tertiary alicyclic amines) is 1. The van der Waals surface area contributed by atoms with Gasteiger partial charge in [0.25, 0.3) is 5.91 Å². The normalized spacial score (nSPS) is 22.1. The third-order valence-electron chi connectivity index (χ3n) is 4.37. The van der Waals surface area contributed by atoms with Crippen LogP contribution >= 0.6 is 0 Å². The average Bonchev–Trinajstić information content (AvgIpc) is 3.06. The Labute approximate surface area is 135 Å². The lowest BCUT2D eigenvalue weighted by atomic mass is 10.1. The number of nitrogens with zero attached hydrogens (tertiary/aromatic N) is 1. The summed E-state index contributed by atoms with van der Waals surface area (Å²) in [5, 5.41) is 9.18. The van der Waals surface area contributed by atoms with Crippen molar-refractivity contribution in [3.8, 4) is 5.75 Å². The van der Waals surface area contributed by atoms with Crippen molar-refractivity contribution in [1.29, 1.82) is 0 Å². The molecule has 2 heterocycles. The van der Waals surface area contributed by atoms with Crippen LogP contribution in [0.25, 0.3) is 0 Å². The maximum absolute atomic E-state index is 12.5. The molecule has 3 rings (SSSR count). The number of carboxylic acids is 1. The summed E-state index contributed by atoms with van der Waals surface area (Å²) in [5.41, 5.74) is 0.498. The van der Waals surface area contributed by atoms with Crippen LogP contribution in [0, 0.1) is 0 Å². The number of rotatable bonds is 4. The number of amides is 1. The fourth-order valence-electron chi connectivity index (χ4n) is 3.09. The van der Waals surface area contributed by atoms with Crippen molar-refractivity contribution < 1.29 is 24.2 Å². The number of aliphatic carboxylic acids is 1. The van der Waals surface area contributed by atoms with E-state index in [1.165, 1.54) is 4.90 Å². The van der Waals surface area contributed by atoms with Crippen molar-refractivity contribution in [3.05, 3.63) is 29.8 Å². The van der Waals surface area contributed by atoms with Crippen LogP contribution in [-0.2, 0) is 9.53 Å². The van der Waals surface area contributed by atoms with Crippen molar-refractivity contribution in [2.75, 3.05) is 19.8 Å². The van der Waals surface area contributed by atoms with Gasteiger partial charge in [0.05, 0.1) is 13.2 Å². The second-order valence-corrected chi connectivity index (χ2v) is 5.95. The lowest BCUT2D eigenvalue weighted by Crippen LogP contribution is -2.40. The molecule has 0 bridgehead atoms. The highest BCUT2D eigenvalue weighted by molar-refractivity contribution is 5.97. The zero-order valence-electron chi connectivity index (χ0n) is 12.9. The molecule has 1 atom stereocenters. The van der Waals surface area contributed by atoms with Gasteiger partial charge in [-0.05, 0) is 37.1 Å². The van der Waals surface area contributed by atoms with Gasteiger partial charge in [0.15, 0.2) is 0 Å². The molecule has 23 heavy (non-hydrogen) atoms. The summed E-state index contributed by atoms with van der Waals surface area (Å²) in [6.45, 7) is 1.93. The second kappa shape index (κ2) is 7.00. The standard InChI is InChI=1S/C17H21NO5/c19-16(18-9-1-2-15(18)17(20)21)12-3-5-13(6-4-12)23-14-7-10-22-11-8-14/h3-6,14-15H,1-2,7-11H2,(H,20,21)/t15-/m0/s1. The summed E-state index contributed by atoms with van der Waals surface area (Å²) in [4.78, 5) is 25.1. The summed E-state index contributed by atoms with van der Waals surface area (Å²) >= 11 is 0. The highest BCUT2D eigenvalue weighted by Gasteiger charge is 2.34. The number of carbonyl (C=O) groups excluding carboxylic acids is 1. The van der Waals surface area contributed by atoms with Gasteiger partial charge in [-0.15, -0.1) is 0 Å². The van der Waals surface area contributed by atoms with E-state index in [1.54, 1.807) is 24.3 Å². The average molecular weight is 319 g/mol. The van der Waals surface area contributed by atoms with Crippen molar-refractivity contribution in [2.24, 2.45) is 0 Å². The summed E-state index contributed by atoms with van der Waals surface area (Å²) in [6, 6.07) is 6.24. The van der Waals surface area contributed by atoms with Crippen molar-refractivity contribution in [1.82, 2.24) is 4.90 Å². The fraction of sp³-hybridized carbons (Fsp3) is 0.529. The van der Waals surface area contributed by atoms with Gasteiger partial charge in [-0.25, -0.2) is 4.79 Å². The van der Waals surface area contributed by atoms with E-state index in [9.17, 15) is 14.7 Å². The highest BCUT2D eigenvalue weighted by atomic mass is 16.5. The minimum absolute atomic E-state index is 0.153. The van der Waals surface area contributed by atoms with Crippen LogP contribution in [0.3, 0.4) is 0 Å². The van der Waals surface area contributed by atoms with Crippen molar-refractivity contribution in [2.45, 2.75) is 37.8 Å². The summed E-state index contributed by atoms with van der Waals surface area (Å²) in [7, 11) is 0. The van der Waals surface area contributed by atoms with Gasteiger partial charge in [0.2, 0.25) is 0 Å². The molecule has 0 aliphatic carbocycles. The Bertz CT molecular complexity index is 565. The Kier molecular flexibility index (Phi) is 4.81. The molecular formula is C17H21NO5. The molecule has 2 saturated heterocycles. The summed E-state index contributed by atoms with van der Waals surface area (Å²) < 4.78 is 11.2. The zero-order chi connectivity index (χ0) is 16.2. The summed E-state index contributed by atoms with van der Waals surface area (Å²) in [5.74, 6) is -0.438. The van der Waals surface area contributed by atoms with Gasteiger partial charge in [-0.3, -0.25) is 4.79 Å². The molecule has 1 N–H and O–H groups in total. The van der Waals surface area contributed by atoms with E-state index in [2.05, 4.69) is 0 Å². The number of hydrogen-bond acceptors (Lipinski definition) is 4.